The summed E-state index contributed by atoms with van der Waals surface area (Å²) in [5.74, 6) is -1.26. The molecule has 0 unspecified atom stereocenters. The van der Waals surface area contributed by atoms with Crippen LogP contribution in [0.15, 0.2) is 24.3 Å². The summed E-state index contributed by atoms with van der Waals surface area (Å²) in [4.78, 5) is 26.5. The molecule has 10 heteroatoms. The number of carbonyl (C=O) groups excluding carboxylic acids is 2. The van der Waals surface area contributed by atoms with Gasteiger partial charge in [-0.05, 0) is 20.2 Å². The van der Waals surface area contributed by atoms with Crippen LogP contribution >= 0.6 is 24.8 Å². The number of phenolic OH excluding ortho intramolecular Hbond substituents is 2. The zero-order valence-electron chi connectivity index (χ0n) is 16.7. The summed E-state index contributed by atoms with van der Waals surface area (Å²) in [6, 6.07) is 5.88. The Balaban J connectivity index is 0.00000225. The third-order valence-electron chi connectivity index (χ3n) is 4.64. The van der Waals surface area contributed by atoms with Crippen molar-refractivity contribution in [1.29, 1.82) is 0 Å². The molecule has 30 heavy (non-hydrogen) atoms. The summed E-state index contributed by atoms with van der Waals surface area (Å²) in [6.07, 6.45) is 0. The zero-order valence-corrected chi connectivity index (χ0v) is 18.3. The maximum Gasteiger partial charge on any atom is 0.200 e. The topological polar surface area (TPSA) is 123 Å². The first kappa shape index (κ1) is 25.5. The van der Waals surface area contributed by atoms with E-state index in [1.54, 1.807) is 14.1 Å². The molecule has 0 atom stereocenters. The average molecular weight is 457 g/mol. The van der Waals surface area contributed by atoms with Crippen molar-refractivity contribution >= 4 is 47.8 Å². The minimum atomic E-state index is -0.498. The van der Waals surface area contributed by atoms with Crippen LogP contribution in [0.3, 0.4) is 0 Å². The smallest absolute Gasteiger partial charge is 0.200 e. The van der Waals surface area contributed by atoms with Crippen LogP contribution in [0.4, 0.5) is 11.4 Å². The van der Waals surface area contributed by atoms with E-state index in [2.05, 4.69) is 21.3 Å². The fourth-order valence-electron chi connectivity index (χ4n) is 3.31. The Bertz CT molecular complexity index is 938. The average Bonchev–Trinajstić information content (AvgIpc) is 2.67. The molecule has 0 aliphatic heterocycles. The molecule has 0 radical (unpaired) electrons. The number of carbonyl (C=O) groups is 2. The van der Waals surface area contributed by atoms with Crippen LogP contribution < -0.4 is 21.3 Å². The molecule has 0 heterocycles. The highest BCUT2D eigenvalue weighted by atomic mass is 35.5. The number of benzene rings is 2. The number of aromatic hydroxyl groups is 2. The molecule has 2 aromatic rings. The van der Waals surface area contributed by atoms with Gasteiger partial charge in [0.1, 0.15) is 11.5 Å². The van der Waals surface area contributed by atoms with Crippen LogP contribution in [0.5, 0.6) is 11.5 Å². The second-order valence-corrected chi connectivity index (χ2v) is 6.49. The van der Waals surface area contributed by atoms with Gasteiger partial charge in [0, 0.05) is 43.5 Å². The molecule has 1 aliphatic carbocycles. The number of rotatable bonds is 8. The number of nitrogens with one attached hydrogen (secondary N) is 4. The molecular formula is C20H26Cl2N4O4. The van der Waals surface area contributed by atoms with Crippen molar-refractivity contribution in [2.75, 3.05) is 50.9 Å². The second-order valence-electron chi connectivity index (χ2n) is 6.49. The van der Waals surface area contributed by atoms with Gasteiger partial charge in [-0.1, -0.05) is 12.1 Å². The monoisotopic (exact) mass is 456 g/mol. The predicted octanol–water partition coefficient (Wildman–Crippen LogP) is 1.98. The van der Waals surface area contributed by atoms with Crippen LogP contribution in [0.2, 0.25) is 0 Å². The highest BCUT2D eigenvalue weighted by Crippen LogP contribution is 2.43. The highest BCUT2D eigenvalue weighted by Gasteiger charge is 2.37. The fraction of sp³-hybridized carbons (Fsp3) is 0.300. The van der Waals surface area contributed by atoms with Crippen LogP contribution in [-0.2, 0) is 0 Å². The molecule has 0 spiro atoms. The number of hydrogen-bond acceptors (Lipinski definition) is 8. The van der Waals surface area contributed by atoms with E-state index < -0.39 is 5.78 Å². The third kappa shape index (κ3) is 4.62. The van der Waals surface area contributed by atoms with E-state index >= 15 is 0 Å². The minimum Gasteiger partial charge on any atom is -0.507 e. The number of phenols is 2. The van der Waals surface area contributed by atoms with Crippen molar-refractivity contribution in [1.82, 2.24) is 10.6 Å². The van der Waals surface area contributed by atoms with E-state index in [4.69, 9.17) is 0 Å². The summed E-state index contributed by atoms with van der Waals surface area (Å²) in [6.45, 7) is 2.18. The zero-order chi connectivity index (χ0) is 20.3. The maximum absolute atomic E-state index is 13.2. The lowest BCUT2D eigenvalue weighted by molar-refractivity contribution is 0.0977. The summed E-state index contributed by atoms with van der Waals surface area (Å²) < 4.78 is 0. The summed E-state index contributed by atoms with van der Waals surface area (Å²) in [7, 11) is 3.59. The Morgan fingerprint density at radius 2 is 1.40 bits per heavy atom. The number of halogens is 2. The molecular weight excluding hydrogens is 431 g/mol. The molecule has 6 N–H and O–H groups in total. The number of fused-ring (bicyclic) bond motifs is 2. The maximum atomic E-state index is 13.2. The largest absolute Gasteiger partial charge is 0.507 e. The van der Waals surface area contributed by atoms with E-state index in [1.165, 1.54) is 24.3 Å². The Labute approximate surface area is 187 Å². The number of hydrogen-bond donors (Lipinski definition) is 6. The number of anilines is 2. The van der Waals surface area contributed by atoms with Gasteiger partial charge in [-0.3, -0.25) is 9.59 Å². The Morgan fingerprint density at radius 1 is 0.767 bits per heavy atom. The van der Waals surface area contributed by atoms with E-state index in [0.29, 0.717) is 31.9 Å². The van der Waals surface area contributed by atoms with Crippen molar-refractivity contribution in [3.63, 3.8) is 0 Å². The van der Waals surface area contributed by atoms with Crippen LogP contribution in [0.25, 0.3) is 0 Å². The second kappa shape index (κ2) is 11.0. The molecule has 0 saturated heterocycles. The van der Waals surface area contributed by atoms with Gasteiger partial charge in [0.15, 0.2) is 5.78 Å². The van der Waals surface area contributed by atoms with Crippen LogP contribution in [-0.4, -0.2) is 62.1 Å². The standard InChI is InChI=1S/C20H24N4O4.2ClH/c1-21-6-8-23-12-10-14(26)18(24-9-7-22-2)17-16(12)19(27)11-4-3-5-13(25)15(11)20(17)28;;/h3-5,10,21-26H,6-9H2,1-2H3;2*1H. The molecule has 1 aliphatic rings. The van der Waals surface area contributed by atoms with Crippen LogP contribution in [0.1, 0.15) is 31.8 Å². The van der Waals surface area contributed by atoms with Crippen molar-refractivity contribution < 1.29 is 19.8 Å². The van der Waals surface area contributed by atoms with Gasteiger partial charge in [-0.15, -0.1) is 24.8 Å². The highest BCUT2D eigenvalue weighted by molar-refractivity contribution is 6.33. The van der Waals surface area contributed by atoms with Crippen molar-refractivity contribution in [3.8, 4) is 11.5 Å². The van der Waals surface area contributed by atoms with Crippen molar-refractivity contribution in [2.45, 2.75) is 0 Å². The predicted molar refractivity (Wildman–Crippen MR) is 122 cm³/mol. The first-order chi connectivity index (χ1) is 13.5. The third-order valence-corrected chi connectivity index (χ3v) is 4.64. The Hall–Kier alpha value is -2.52. The lowest BCUT2D eigenvalue weighted by Crippen LogP contribution is -2.27. The van der Waals surface area contributed by atoms with Crippen molar-refractivity contribution in [2.24, 2.45) is 0 Å². The molecule has 164 valence electrons. The Morgan fingerprint density at radius 3 is 2.03 bits per heavy atom. The fourth-order valence-corrected chi connectivity index (χ4v) is 3.31. The van der Waals surface area contributed by atoms with Crippen molar-refractivity contribution in [3.05, 3.63) is 46.5 Å². The lowest BCUT2D eigenvalue weighted by atomic mass is 9.81. The summed E-state index contributed by atoms with van der Waals surface area (Å²) in [5, 5.41) is 32.9. The van der Waals surface area contributed by atoms with E-state index in [1.807, 2.05) is 0 Å². The summed E-state index contributed by atoms with van der Waals surface area (Å²) >= 11 is 0. The first-order valence-corrected chi connectivity index (χ1v) is 9.09. The number of likely N-dealkylation sites (N-methyl/N-ethyl adjacent to an activating group) is 2. The van der Waals surface area contributed by atoms with Gasteiger partial charge in [-0.25, -0.2) is 0 Å². The van der Waals surface area contributed by atoms with Gasteiger partial charge in [0.05, 0.1) is 22.4 Å². The Kier molecular flexibility index (Phi) is 9.38. The van der Waals surface area contributed by atoms with Crippen LogP contribution in [0, 0.1) is 0 Å². The lowest BCUT2D eigenvalue weighted by Gasteiger charge is -2.25. The molecule has 0 bridgehead atoms. The minimum absolute atomic E-state index is 0. The normalized spacial score (nSPS) is 11.7. The summed E-state index contributed by atoms with van der Waals surface area (Å²) in [5.41, 5.74) is 0.960. The molecule has 8 nitrogen and oxygen atoms in total. The van der Waals surface area contributed by atoms with Gasteiger partial charge in [-0.2, -0.15) is 0 Å². The SMILES string of the molecule is CNCCNc1cc(O)c(NCCNC)c2c1C(=O)c1cccc(O)c1C2=O.Cl.Cl. The van der Waals surface area contributed by atoms with Gasteiger partial charge >= 0.3 is 0 Å². The molecule has 0 fully saturated rings. The van der Waals surface area contributed by atoms with E-state index in [-0.39, 0.29) is 70.0 Å². The van der Waals surface area contributed by atoms with Gasteiger partial charge < -0.3 is 31.5 Å². The van der Waals surface area contributed by atoms with Gasteiger partial charge in [0.2, 0.25) is 5.78 Å². The molecule has 0 amide bonds. The molecule has 3 rings (SSSR count). The number of ketones is 2. The van der Waals surface area contributed by atoms with E-state index in [9.17, 15) is 19.8 Å². The molecule has 2 aromatic carbocycles. The first-order valence-electron chi connectivity index (χ1n) is 9.09. The van der Waals surface area contributed by atoms with Gasteiger partial charge in [0.25, 0.3) is 0 Å². The quantitative estimate of drug-likeness (QED) is 0.224. The van der Waals surface area contributed by atoms with E-state index in [0.717, 1.165) is 0 Å². The molecule has 0 aromatic heterocycles. The molecule has 0 saturated carbocycles.